The molecule has 0 saturated heterocycles. The lowest BCUT2D eigenvalue weighted by molar-refractivity contribution is -0.137. The van der Waals surface area contributed by atoms with Crippen molar-refractivity contribution >= 4 is 11.6 Å². The molecule has 5 nitrogen and oxygen atoms in total. The molecule has 0 fully saturated rings. The third kappa shape index (κ3) is 3.98. The minimum Gasteiger partial charge on any atom is -0.396 e. The monoisotopic (exact) mass is 298 g/mol. The van der Waals surface area contributed by atoms with E-state index in [1.807, 2.05) is 0 Å². The van der Waals surface area contributed by atoms with Crippen LogP contribution in [0.2, 0.25) is 0 Å². The molecule has 2 rings (SSSR count). The van der Waals surface area contributed by atoms with Crippen LogP contribution in [0.3, 0.4) is 0 Å². The van der Waals surface area contributed by atoms with Gasteiger partial charge in [0, 0.05) is 18.3 Å². The zero-order valence-corrected chi connectivity index (χ0v) is 10.9. The van der Waals surface area contributed by atoms with Crippen LogP contribution in [-0.2, 0) is 12.7 Å². The summed E-state index contributed by atoms with van der Waals surface area (Å²) in [6.07, 6.45) is -1.41. The maximum atomic E-state index is 12.6. The zero-order chi connectivity index (χ0) is 15.5. The van der Waals surface area contributed by atoms with Gasteiger partial charge in [-0.1, -0.05) is 6.07 Å². The van der Waals surface area contributed by atoms with Crippen LogP contribution in [0, 0.1) is 0 Å². The Morgan fingerprint density at radius 2 is 2.14 bits per heavy atom. The Kier molecular flexibility index (Phi) is 4.15. The summed E-state index contributed by atoms with van der Waals surface area (Å²) in [5.74, 6) is -0.568. The van der Waals surface area contributed by atoms with Gasteiger partial charge < -0.3 is 11.1 Å². The Balaban J connectivity index is 1.94. The predicted octanol–water partition coefficient (Wildman–Crippen LogP) is 1.91. The van der Waals surface area contributed by atoms with Crippen molar-refractivity contribution in [2.45, 2.75) is 12.7 Å². The minimum atomic E-state index is -4.47. The van der Waals surface area contributed by atoms with Crippen molar-refractivity contribution < 1.29 is 18.0 Å². The van der Waals surface area contributed by atoms with Crippen LogP contribution in [0.1, 0.15) is 15.9 Å². The van der Waals surface area contributed by atoms with E-state index in [0.717, 1.165) is 12.1 Å². The lowest BCUT2D eigenvalue weighted by Crippen LogP contribution is -2.27. The molecule has 0 saturated carbocycles. The molecule has 1 heterocycles. The minimum absolute atomic E-state index is 0.0372. The Morgan fingerprint density at radius 1 is 1.38 bits per heavy atom. The van der Waals surface area contributed by atoms with Crippen molar-refractivity contribution in [2.75, 3.05) is 12.3 Å². The first-order valence-corrected chi connectivity index (χ1v) is 6.09. The number of hydrogen-bond donors (Lipinski definition) is 2. The van der Waals surface area contributed by atoms with E-state index in [9.17, 15) is 18.0 Å². The van der Waals surface area contributed by atoms with E-state index in [0.29, 0.717) is 12.2 Å². The summed E-state index contributed by atoms with van der Waals surface area (Å²) in [6, 6.07) is 4.27. The zero-order valence-electron chi connectivity index (χ0n) is 10.9. The smallest absolute Gasteiger partial charge is 0.396 e. The van der Waals surface area contributed by atoms with Gasteiger partial charge in [-0.3, -0.25) is 9.48 Å². The molecule has 8 heteroatoms. The molecule has 3 N–H and O–H groups in total. The molecule has 112 valence electrons. The molecule has 0 aliphatic carbocycles. The second kappa shape index (κ2) is 5.86. The van der Waals surface area contributed by atoms with Crippen molar-refractivity contribution in [3.63, 3.8) is 0 Å². The summed E-state index contributed by atoms with van der Waals surface area (Å²) >= 11 is 0. The highest BCUT2D eigenvalue weighted by atomic mass is 19.4. The molecular weight excluding hydrogens is 285 g/mol. The fourth-order valence-electron chi connectivity index (χ4n) is 1.72. The van der Waals surface area contributed by atoms with Crippen molar-refractivity contribution in [2.24, 2.45) is 0 Å². The van der Waals surface area contributed by atoms with Gasteiger partial charge in [-0.2, -0.15) is 18.3 Å². The summed E-state index contributed by atoms with van der Waals surface area (Å²) in [5.41, 5.74) is 5.09. The maximum Gasteiger partial charge on any atom is 0.416 e. The highest BCUT2D eigenvalue weighted by Gasteiger charge is 2.30. The highest BCUT2D eigenvalue weighted by molar-refractivity contribution is 5.94. The number of nitrogen functional groups attached to an aromatic ring is 1. The second-order valence-electron chi connectivity index (χ2n) is 4.37. The van der Waals surface area contributed by atoms with Gasteiger partial charge >= 0.3 is 6.18 Å². The molecule has 1 aromatic carbocycles. The van der Waals surface area contributed by atoms with Crippen molar-refractivity contribution in [1.29, 1.82) is 0 Å². The number of hydrogen-bond acceptors (Lipinski definition) is 3. The largest absolute Gasteiger partial charge is 0.416 e. The summed E-state index contributed by atoms with van der Waals surface area (Å²) in [6.45, 7) is 0.609. The summed E-state index contributed by atoms with van der Waals surface area (Å²) in [4.78, 5) is 11.8. The van der Waals surface area contributed by atoms with Gasteiger partial charge in [0.2, 0.25) is 0 Å². The van der Waals surface area contributed by atoms with E-state index >= 15 is 0 Å². The van der Waals surface area contributed by atoms with E-state index in [1.54, 1.807) is 6.20 Å². The van der Waals surface area contributed by atoms with Crippen molar-refractivity contribution in [1.82, 2.24) is 15.1 Å². The third-order valence-corrected chi connectivity index (χ3v) is 2.73. The molecule has 1 amide bonds. The lowest BCUT2D eigenvalue weighted by Gasteiger charge is -2.09. The number of nitrogens with two attached hydrogens (primary N) is 1. The van der Waals surface area contributed by atoms with E-state index < -0.39 is 17.6 Å². The van der Waals surface area contributed by atoms with E-state index in [-0.39, 0.29) is 12.1 Å². The molecule has 21 heavy (non-hydrogen) atoms. The number of carbonyl (C=O) groups is 1. The molecule has 0 aliphatic heterocycles. The molecule has 0 aliphatic rings. The molecule has 0 unspecified atom stereocenters. The third-order valence-electron chi connectivity index (χ3n) is 2.73. The number of rotatable bonds is 4. The molecule has 0 bridgehead atoms. The summed E-state index contributed by atoms with van der Waals surface area (Å²) < 4.78 is 39.2. The predicted molar refractivity (Wildman–Crippen MR) is 70.4 cm³/mol. The number of amides is 1. The Morgan fingerprint density at radius 3 is 2.76 bits per heavy atom. The first kappa shape index (κ1) is 14.9. The number of nitrogens with zero attached hydrogens (tertiary/aromatic N) is 2. The van der Waals surface area contributed by atoms with Gasteiger partial charge in [0.05, 0.1) is 24.0 Å². The van der Waals surface area contributed by atoms with Crippen molar-refractivity contribution in [3.8, 4) is 0 Å². The Bertz CT molecular complexity index is 636. The van der Waals surface area contributed by atoms with Gasteiger partial charge in [0.1, 0.15) is 0 Å². The standard InChI is InChI=1S/C13H13F3N4O/c14-13(15,16)10-3-1-2-9(6-10)12(21)18-4-5-20-8-11(17)7-19-20/h1-3,6-8H,4-5,17H2,(H,18,21). The van der Waals surface area contributed by atoms with Crippen LogP contribution in [0.5, 0.6) is 0 Å². The van der Waals surface area contributed by atoms with Gasteiger partial charge in [-0.25, -0.2) is 0 Å². The van der Waals surface area contributed by atoms with Crippen LogP contribution in [0.15, 0.2) is 36.7 Å². The molecule has 0 atom stereocenters. The highest BCUT2D eigenvalue weighted by Crippen LogP contribution is 2.29. The van der Waals surface area contributed by atoms with Crippen LogP contribution in [0.4, 0.5) is 18.9 Å². The fourth-order valence-corrected chi connectivity index (χ4v) is 1.72. The number of nitrogens with one attached hydrogen (secondary N) is 1. The van der Waals surface area contributed by atoms with Crippen LogP contribution < -0.4 is 11.1 Å². The van der Waals surface area contributed by atoms with Crippen molar-refractivity contribution in [3.05, 3.63) is 47.8 Å². The lowest BCUT2D eigenvalue weighted by atomic mass is 10.1. The van der Waals surface area contributed by atoms with Gasteiger partial charge in [-0.15, -0.1) is 0 Å². The molecule has 0 spiro atoms. The number of carbonyl (C=O) groups excluding carboxylic acids is 1. The number of benzene rings is 1. The number of alkyl halides is 3. The second-order valence-corrected chi connectivity index (χ2v) is 4.37. The molecular formula is C13H13F3N4O. The quantitative estimate of drug-likeness (QED) is 0.905. The number of aromatic nitrogens is 2. The first-order chi connectivity index (χ1) is 9.86. The molecule has 1 aromatic heterocycles. The first-order valence-electron chi connectivity index (χ1n) is 6.09. The van der Waals surface area contributed by atoms with E-state index in [4.69, 9.17) is 5.73 Å². The normalized spacial score (nSPS) is 11.4. The fraction of sp³-hybridized carbons (Fsp3) is 0.231. The number of anilines is 1. The van der Waals surface area contributed by atoms with Crippen LogP contribution >= 0.6 is 0 Å². The Hall–Kier alpha value is -2.51. The number of halogens is 3. The topological polar surface area (TPSA) is 72.9 Å². The van der Waals surface area contributed by atoms with Gasteiger partial charge in [-0.05, 0) is 18.2 Å². The van der Waals surface area contributed by atoms with E-state index in [2.05, 4.69) is 10.4 Å². The molecule has 2 aromatic rings. The average Bonchev–Trinajstić information content (AvgIpc) is 2.83. The Labute approximate surface area is 118 Å². The SMILES string of the molecule is Nc1cnn(CCNC(=O)c2cccc(C(F)(F)F)c2)c1. The van der Waals surface area contributed by atoms with Crippen LogP contribution in [0.25, 0.3) is 0 Å². The van der Waals surface area contributed by atoms with Gasteiger partial charge in [0.15, 0.2) is 0 Å². The summed E-state index contributed by atoms with van der Waals surface area (Å²) in [5, 5.41) is 6.45. The summed E-state index contributed by atoms with van der Waals surface area (Å²) in [7, 11) is 0. The van der Waals surface area contributed by atoms with Gasteiger partial charge in [0.25, 0.3) is 5.91 Å². The average molecular weight is 298 g/mol. The van der Waals surface area contributed by atoms with Crippen LogP contribution in [-0.4, -0.2) is 22.2 Å². The maximum absolute atomic E-state index is 12.6. The van der Waals surface area contributed by atoms with E-state index in [1.165, 1.54) is 23.0 Å². The molecule has 0 radical (unpaired) electrons.